The SMILES string of the molecule is [2H]c1c(C)c([2H])c2c(=O)c([2H])c(SC([2H])([2H])c3cccc(F)c3F)n(CC(=O)N(Cc3ccc(-c4ccc(C(F)(F)F)cc4)cc3)C3([2H])C([2H])([2H])C([2H])([2H])N(C([2H])([2H])COC([2H])([2H])[2H])C([2H])([2H])C3([2H])[2H])c2c1[2H].[2H]c1c(C)c([2H])c2c(=O)c([2H])c(SCc3cccc(F)c3F)n(CC(=O)N(Cc3ccc(-c4ccc(C(F)(F)F)cc4)cc3)C3([2H])C([2H])([2H])C([2H])([2H])N(C([2H])([2H])COC([2H])([2H])[2H])C([2H])([2H])C3([2H])[2H])c2c1[2H]. The molecule has 2 aliphatic heterocycles. The molecular formula is C82H80F10N6O6S2. The second-order valence-electron chi connectivity index (χ2n) is 22.7. The van der Waals surface area contributed by atoms with Crippen LogP contribution in [0.15, 0.2) is 201 Å². The van der Waals surface area contributed by atoms with E-state index >= 15 is 14.0 Å². The molecule has 10 aromatic rings. The van der Waals surface area contributed by atoms with Crippen molar-refractivity contribution in [3.05, 3.63) is 270 Å². The Labute approximate surface area is 669 Å². The number of alkyl halides is 6. The highest BCUT2D eigenvalue weighted by molar-refractivity contribution is 7.98. The first kappa shape index (κ1) is 42.5. The summed E-state index contributed by atoms with van der Waals surface area (Å²) in [5, 5.41) is -3.17. The molecule has 2 aliphatic rings. The quantitative estimate of drug-likeness (QED) is 0.0428. The number of pyridine rings is 2. The first-order chi connectivity index (χ1) is 65.5. The Hall–Kier alpha value is -9.04. The first-order valence-electron chi connectivity index (χ1n) is 50.0. The number of benzene rings is 8. The summed E-state index contributed by atoms with van der Waals surface area (Å²) in [7, 11) is -6.81. The number of ether oxygens (including phenoxy) is 2. The lowest BCUT2D eigenvalue weighted by Gasteiger charge is -2.39. The standard InChI is InChI=1S/2C41H40F5N3O3S/c2*1-27-6-15-36-34(22-27)37(50)23-39(53-26-31-4-3-5-35(42)40(31)43)49(36)25-38(51)48(33-16-18-47(19-17-33)20-21-52-2)24-28-7-9-29(10-8-28)30-11-13-32(14-12-30)41(44,45)46/h2*3-15,22-23,33H,16-21,24-26H2,1-2H3/i2D3,6D,15D,16D2,17D2,18D2,19D2,20D2,22D,23D,26D2,33D;2D3,6D,15D,16D2,17D2,18D2,19D2,20D2,22D,23D,33D. The summed E-state index contributed by atoms with van der Waals surface area (Å²) in [4.78, 5) is 57.4. The molecule has 0 atom stereocenters. The number of carbonyl (C=O) groups is 2. The normalized spacial score (nSPS) is 24.5. The Morgan fingerprint density at radius 1 is 0.538 bits per heavy atom. The van der Waals surface area contributed by atoms with Crippen LogP contribution in [0.3, 0.4) is 0 Å². The van der Waals surface area contributed by atoms with Crippen LogP contribution in [0.2, 0.25) is 0 Å². The van der Waals surface area contributed by atoms with Gasteiger partial charge in [0.15, 0.2) is 34.1 Å². The van der Waals surface area contributed by atoms with Gasteiger partial charge < -0.3 is 38.2 Å². The number of aromatic nitrogens is 2. The van der Waals surface area contributed by atoms with Crippen LogP contribution in [0.1, 0.15) is 122 Å². The molecule has 2 saturated heterocycles. The molecule has 2 amide bonds. The maximum absolute atomic E-state index is 15.4. The van der Waals surface area contributed by atoms with E-state index in [-0.39, 0.29) is 71.6 Å². The van der Waals surface area contributed by atoms with Gasteiger partial charge in [-0.2, -0.15) is 26.3 Å². The fourth-order valence-corrected chi connectivity index (χ4v) is 12.0. The minimum atomic E-state index is -4.70. The number of thioether (sulfide) groups is 2. The lowest BCUT2D eigenvalue weighted by molar-refractivity contribution is -0.138. The van der Waals surface area contributed by atoms with Crippen molar-refractivity contribution < 1.29 is 115 Å². The molecule has 0 N–H and O–H groups in total. The molecule has 0 aliphatic carbocycles. The zero-order valence-corrected chi connectivity index (χ0v) is 56.5. The number of amides is 2. The minimum Gasteiger partial charge on any atom is -0.383 e. The van der Waals surface area contributed by atoms with Gasteiger partial charge in [0.1, 0.15) is 13.1 Å². The van der Waals surface area contributed by atoms with E-state index in [0.29, 0.717) is 27.0 Å². The Morgan fingerprint density at radius 2 is 0.915 bits per heavy atom. The number of hydrogen-bond donors (Lipinski definition) is 0. The van der Waals surface area contributed by atoms with Crippen LogP contribution in [0.4, 0.5) is 43.9 Å². The zero-order valence-electron chi connectivity index (χ0n) is 92.9. The van der Waals surface area contributed by atoms with Crippen LogP contribution in [0, 0.1) is 37.1 Å². The molecule has 2 fully saturated rings. The molecule has 0 bridgehead atoms. The molecule has 0 spiro atoms. The summed E-state index contributed by atoms with van der Waals surface area (Å²) in [6.45, 7) is -31.1. The fourth-order valence-electron chi connectivity index (χ4n) is 10.2. The van der Waals surface area contributed by atoms with Crippen molar-refractivity contribution in [1.82, 2.24) is 28.7 Å². The Balaban J connectivity index is 0.000000275. The minimum absolute atomic E-state index is 0.0386. The van der Waals surface area contributed by atoms with Gasteiger partial charge in [-0.25, -0.2) is 17.6 Å². The molecule has 8 aromatic carbocycles. The topological polar surface area (TPSA) is 110 Å². The van der Waals surface area contributed by atoms with Crippen molar-refractivity contribution >= 4 is 57.1 Å². The molecule has 0 saturated carbocycles. The second kappa shape index (κ2) is 35.1. The highest BCUT2D eigenvalue weighted by Crippen LogP contribution is 2.36. The predicted octanol–water partition coefficient (Wildman–Crippen LogP) is 17.4. The summed E-state index contributed by atoms with van der Waals surface area (Å²) in [6, 6.07) is 7.31. The maximum atomic E-state index is 15.4. The molecule has 12 nitrogen and oxygen atoms in total. The van der Waals surface area contributed by atoms with E-state index in [0.717, 1.165) is 97.9 Å². The van der Waals surface area contributed by atoms with Crippen molar-refractivity contribution in [2.24, 2.45) is 0 Å². The van der Waals surface area contributed by atoms with E-state index in [1.807, 2.05) is 0 Å². The van der Waals surface area contributed by atoms with Gasteiger partial charge in [-0.15, -0.1) is 23.5 Å². The van der Waals surface area contributed by atoms with Crippen LogP contribution in [0.25, 0.3) is 44.1 Å². The number of hydrogen-bond acceptors (Lipinski definition) is 10. The van der Waals surface area contributed by atoms with Gasteiger partial charge in [0, 0.05) is 154 Å². The lowest BCUT2D eigenvalue weighted by atomic mass is 10.00. The van der Waals surface area contributed by atoms with Gasteiger partial charge in [-0.1, -0.05) is 120 Å². The molecule has 0 unspecified atom stereocenters. The molecule has 24 heteroatoms. The van der Waals surface area contributed by atoms with Gasteiger partial charge in [-0.05, 0) is 133 Å². The van der Waals surface area contributed by atoms with E-state index in [1.165, 1.54) is 43.3 Å². The number of rotatable bonds is 24. The largest absolute Gasteiger partial charge is 0.416 e. The summed E-state index contributed by atoms with van der Waals surface area (Å²) in [5.74, 6) is -10.00. The van der Waals surface area contributed by atoms with Gasteiger partial charge >= 0.3 is 12.4 Å². The molecule has 4 heterocycles. The predicted molar refractivity (Wildman–Crippen MR) is 395 cm³/mol. The smallest absolute Gasteiger partial charge is 0.383 e. The molecule has 556 valence electrons. The molecule has 106 heavy (non-hydrogen) atoms. The highest BCUT2D eigenvalue weighted by atomic mass is 32.2. The van der Waals surface area contributed by atoms with Crippen molar-refractivity contribution in [1.29, 1.82) is 0 Å². The number of likely N-dealkylation sites (tertiary alicyclic amines) is 2. The highest BCUT2D eigenvalue weighted by Gasteiger charge is 2.34. The third-order valence-corrected chi connectivity index (χ3v) is 17.4. The van der Waals surface area contributed by atoms with E-state index < -0.39 is 306 Å². The molecular weight excluding hydrogens is 1420 g/mol. The molecule has 0 radical (unpaired) electrons. The lowest BCUT2D eigenvalue weighted by Crippen LogP contribution is -2.48. The second-order valence-corrected chi connectivity index (χ2v) is 24.4. The average Bonchev–Trinajstić information content (AvgIpc) is 0.661. The monoisotopic (exact) mass is 1540 g/mol. The van der Waals surface area contributed by atoms with Gasteiger partial charge in [0.05, 0.1) is 67.4 Å². The zero-order chi connectivity index (χ0) is 109. The Kier molecular flexibility index (Phi) is 14.1. The van der Waals surface area contributed by atoms with Crippen molar-refractivity contribution in [3.8, 4) is 22.3 Å². The number of nitrogens with zero attached hydrogens (tertiary/aromatic N) is 6. The Bertz CT molecular complexity index is 6750. The number of halogens is 10. The van der Waals surface area contributed by atoms with E-state index in [9.17, 15) is 62.8 Å². The summed E-state index contributed by atoms with van der Waals surface area (Å²) < 4.78 is 481. The van der Waals surface area contributed by atoms with Crippen LogP contribution in [-0.4, -0.2) is 119 Å². The van der Waals surface area contributed by atoms with Gasteiger partial charge in [0.25, 0.3) is 0 Å². The molecule has 12 rings (SSSR count). The van der Waals surface area contributed by atoms with Crippen LogP contribution < -0.4 is 10.9 Å². The van der Waals surface area contributed by atoms with E-state index in [4.69, 9.17) is 38.4 Å². The third-order valence-electron chi connectivity index (χ3n) is 15.5. The summed E-state index contributed by atoms with van der Waals surface area (Å²) in [5.41, 5.74) is -10.8. The fraction of sp³-hybridized carbons (Fsp3) is 0.317. The van der Waals surface area contributed by atoms with Crippen LogP contribution >= 0.6 is 23.5 Å². The number of piperidine rings is 2. The van der Waals surface area contributed by atoms with Crippen LogP contribution in [-0.2, 0) is 69.1 Å². The van der Waals surface area contributed by atoms with E-state index in [2.05, 4.69) is 9.47 Å². The summed E-state index contributed by atoms with van der Waals surface area (Å²) in [6.07, 6.45) is -26.7. The number of carbonyl (C=O) groups excluding carboxylic acids is 2. The summed E-state index contributed by atoms with van der Waals surface area (Å²) >= 11 is 0.199. The average molecular weight is 1540 g/mol. The van der Waals surface area contributed by atoms with Gasteiger partial charge in [-0.3, -0.25) is 19.2 Å². The van der Waals surface area contributed by atoms with Crippen molar-refractivity contribution in [2.45, 2.75) is 111 Å². The number of fused-ring (bicyclic) bond motifs is 2. The Morgan fingerprint density at radius 3 is 1.31 bits per heavy atom. The number of methoxy groups -OCH3 is 2. The van der Waals surface area contributed by atoms with E-state index in [1.54, 1.807) is 0 Å². The third kappa shape index (κ3) is 19.6. The molecule has 2 aromatic heterocycles. The first-order valence-corrected chi connectivity index (χ1v) is 32.8. The van der Waals surface area contributed by atoms with Crippen molar-refractivity contribution in [2.75, 3.05) is 66.3 Å². The van der Waals surface area contributed by atoms with Crippen molar-refractivity contribution in [3.63, 3.8) is 0 Å². The maximum Gasteiger partial charge on any atom is 0.416 e. The van der Waals surface area contributed by atoms with Crippen LogP contribution in [0.5, 0.6) is 0 Å². The van der Waals surface area contributed by atoms with Gasteiger partial charge in [0.2, 0.25) is 11.8 Å².